The molecule has 0 fully saturated rings. The molecular formula is C37H31FN2O5S2. The number of hydrogen-bond acceptors (Lipinski definition) is 8. The average Bonchev–Trinajstić information content (AvgIpc) is 3.41. The van der Waals surface area contributed by atoms with E-state index in [0.717, 1.165) is 16.0 Å². The maximum Gasteiger partial charge on any atom is 0.338 e. The normalized spacial score (nSPS) is 14.4. The highest BCUT2D eigenvalue weighted by Crippen LogP contribution is 2.36. The van der Waals surface area contributed by atoms with Gasteiger partial charge >= 0.3 is 5.97 Å². The van der Waals surface area contributed by atoms with Gasteiger partial charge in [-0.15, -0.1) is 11.8 Å². The molecule has 4 aromatic carbocycles. The Morgan fingerprint density at radius 2 is 1.74 bits per heavy atom. The second kappa shape index (κ2) is 14.2. The van der Waals surface area contributed by atoms with Crippen LogP contribution in [0.15, 0.2) is 117 Å². The Labute approximate surface area is 279 Å². The highest BCUT2D eigenvalue weighted by molar-refractivity contribution is 7.98. The van der Waals surface area contributed by atoms with Crippen LogP contribution in [0, 0.1) is 5.82 Å². The quantitative estimate of drug-likeness (QED) is 0.127. The number of hydrogen-bond donors (Lipinski definition) is 0. The molecule has 1 aliphatic heterocycles. The maximum absolute atomic E-state index is 14.4. The summed E-state index contributed by atoms with van der Waals surface area (Å²) < 4.78 is 33.6. The van der Waals surface area contributed by atoms with Gasteiger partial charge in [0.05, 0.1) is 35.6 Å². The molecular weight excluding hydrogens is 636 g/mol. The van der Waals surface area contributed by atoms with Crippen molar-refractivity contribution in [3.63, 3.8) is 0 Å². The van der Waals surface area contributed by atoms with Crippen molar-refractivity contribution in [3.05, 3.63) is 150 Å². The van der Waals surface area contributed by atoms with Gasteiger partial charge in [-0.25, -0.2) is 14.2 Å². The zero-order chi connectivity index (χ0) is 32.9. The van der Waals surface area contributed by atoms with E-state index >= 15 is 0 Å². The lowest BCUT2D eigenvalue weighted by atomic mass is 9.93. The number of thioether (sulfide) groups is 1. The van der Waals surface area contributed by atoms with Crippen molar-refractivity contribution in [2.24, 2.45) is 4.99 Å². The smallest absolute Gasteiger partial charge is 0.338 e. The summed E-state index contributed by atoms with van der Waals surface area (Å²) in [4.78, 5) is 34.5. The number of esters is 1. The Morgan fingerprint density at radius 3 is 2.45 bits per heavy atom. The van der Waals surface area contributed by atoms with Crippen LogP contribution in [0.4, 0.5) is 4.39 Å². The molecule has 0 spiro atoms. The molecule has 47 heavy (non-hydrogen) atoms. The van der Waals surface area contributed by atoms with Crippen LogP contribution in [0.5, 0.6) is 11.5 Å². The van der Waals surface area contributed by atoms with Gasteiger partial charge in [-0.1, -0.05) is 84.1 Å². The molecule has 0 N–H and O–H groups in total. The van der Waals surface area contributed by atoms with E-state index in [-0.39, 0.29) is 30.2 Å². The second-order valence-electron chi connectivity index (χ2n) is 10.5. The fourth-order valence-corrected chi connectivity index (χ4v) is 6.81. The summed E-state index contributed by atoms with van der Waals surface area (Å²) in [5, 5.41) is 0. The zero-order valence-corrected chi connectivity index (χ0v) is 27.6. The van der Waals surface area contributed by atoms with Crippen LogP contribution in [-0.4, -0.2) is 30.5 Å². The summed E-state index contributed by atoms with van der Waals surface area (Å²) in [6, 6.07) is 28.1. The Balaban J connectivity index is 1.55. The second-order valence-corrected chi connectivity index (χ2v) is 12.4. The van der Waals surface area contributed by atoms with Crippen molar-refractivity contribution >= 4 is 40.8 Å². The lowest BCUT2D eigenvalue weighted by Crippen LogP contribution is -2.40. The summed E-state index contributed by atoms with van der Waals surface area (Å²) in [7, 11) is 1.52. The van der Waals surface area contributed by atoms with Crippen molar-refractivity contribution in [2.75, 3.05) is 20.0 Å². The third-order valence-corrected chi connectivity index (χ3v) is 9.38. The van der Waals surface area contributed by atoms with Gasteiger partial charge in [0.25, 0.3) is 5.56 Å². The highest BCUT2D eigenvalue weighted by atomic mass is 32.2. The molecule has 1 atom stereocenters. The molecule has 0 saturated heterocycles. The number of nitrogens with zero attached hydrogens (tertiary/aromatic N) is 2. The first kappa shape index (κ1) is 32.0. The summed E-state index contributed by atoms with van der Waals surface area (Å²) in [5.41, 5.74) is 2.84. The topological polar surface area (TPSA) is 79.1 Å². The Morgan fingerprint density at radius 1 is 1.00 bits per heavy atom. The van der Waals surface area contributed by atoms with Crippen LogP contribution in [0.2, 0.25) is 0 Å². The predicted octanol–water partition coefficient (Wildman–Crippen LogP) is 6.38. The van der Waals surface area contributed by atoms with E-state index in [2.05, 4.69) is 0 Å². The highest BCUT2D eigenvalue weighted by Gasteiger charge is 2.35. The summed E-state index contributed by atoms with van der Waals surface area (Å²) in [6.45, 7) is 1.88. The minimum Gasteiger partial charge on any atom is -0.493 e. The van der Waals surface area contributed by atoms with Crippen LogP contribution in [0.25, 0.3) is 11.8 Å². The number of ether oxygens (including phenoxy) is 3. The van der Waals surface area contributed by atoms with Crippen LogP contribution < -0.4 is 24.4 Å². The van der Waals surface area contributed by atoms with Gasteiger partial charge in [0.15, 0.2) is 16.3 Å². The Hall–Kier alpha value is -4.93. The molecule has 1 aliphatic rings. The number of fused-ring (bicyclic) bond motifs is 1. The minimum absolute atomic E-state index is 0.0372. The SMILES string of the molecule is CCOC(=O)C1=C(c2ccccc2)N=c2s/c(=C\c3cccc(OC)c3OCc3ccccc3F)c(=O)n2[C@H]1c1ccc(SC)cc1. The minimum atomic E-state index is -0.791. The first-order valence-electron chi connectivity index (χ1n) is 14.9. The van der Waals surface area contributed by atoms with Gasteiger partial charge in [0, 0.05) is 21.6 Å². The summed E-state index contributed by atoms with van der Waals surface area (Å²) in [5.74, 6) is -0.120. The number of carbonyl (C=O) groups is 1. The fourth-order valence-electron chi connectivity index (χ4n) is 5.41. The Bertz CT molecular complexity index is 2140. The number of halogens is 1. The number of para-hydroxylation sites is 1. The van der Waals surface area contributed by atoms with Crippen LogP contribution in [0.1, 0.15) is 35.2 Å². The number of rotatable bonds is 10. The number of methoxy groups -OCH3 is 1. The first-order valence-corrected chi connectivity index (χ1v) is 16.9. The molecule has 2 heterocycles. The lowest BCUT2D eigenvalue weighted by molar-refractivity contribution is -0.138. The van der Waals surface area contributed by atoms with Crippen LogP contribution in [-0.2, 0) is 16.1 Å². The molecule has 0 amide bonds. The summed E-state index contributed by atoms with van der Waals surface area (Å²) in [6.07, 6.45) is 3.70. The van der Waals surface area contributed by atoms with Gasteiger partial charge in [0.2, 0.25) is 0 Å². The molecule has 0 unspecified atom stereocenters. The third kappa shape index (κ3) is 6.52. The van der Waals surface area contributed by atoms with E-state index in [1.807, 2.05) is 60.9 Å². The van der Waals surface area contributed by atoms with E-state index in [4.69, 9.17) is 19.2 Å². The lowest BCUT2D eigenvalue weighted by Gasteiger charge is -2.26. The van der Waals surface area contributed by atoms with Crippen molar-refractivity contribution in [3.8, 4) is 11.5 Å². The van der Waals surface area contributed by atoms with Crippen molar-refractivity contribution in [1.82, 2.24) is 4.57 Å². The van der Waals surface area contributed by atoms with E-state index in [1.165, 1.54) is 24.5 Å². The predicted molar refractivity (Wildman–Crippen MR) is 183 cm³/mol. The number of benzene rings is 4. The van der Waals surface area contributed by atoms with Crippen LogP contribution >= 0.6 is 23.1 Å². The molecule has 5 aromatic rings. The molecule has 7 nitrogen and oxygen atoms in total. The van der Waals surface area contributed by atoms with Crippen molar-refractivity contribution < 1.29 is 23.4 Å². The van der Waals surface area contributed by atoms with Crippen LogP contribution in [0.3, 0.4) is 0 Å². The number of thiazole rings is 1. The standard InChI is InChI=1S/C37H31FN2O5S2/c1-4-44-36(42)31-32(23-11-6-5-7-12-23)39-37-40(33(31)24-17-19-27(46-3)20-18-24)35(41)30(47-37)21-25-14-10-16-29(43-2)34(25)45-22-26-13-8-9-15-28(26)38/h5-21,33H,4,22H2,1-3H3/b30-21-/t33-/m0/s1. The third-order valence-electron chi connectivity index (χ3n) is 7.65. The molecule has 10 heteroatoms. The van der Waals surface area contributed by atoms with Gasteiger partial charge < -0.3 is 14.2 Å². The van der Waals surface area contributed by atoms with Gasteiger partial charge in [-0.3, -0.25) is 9.36 Å². The largest absolute Gasteiger partial charge is 0.493 e. The first-order chi connectivity index (χ1) is 22.9. The molecule has 238 valence electrons. The average molecular weight is 667 g/mol. The number of carbonyl (C=O) groups excluding carboxylic acids is 1. The molecule has 0 aliphatic carbocycles. The Kier molecular flexibility index (Phi) is 9.70. The van der Waals surface area contributed by atoms with Gasteiger partial charge in [-0.2, -0.15) is 0 Å². The van der Waals surface area contributed by atoms with Gasteiger partial charge in [-0.05, 0) is 49.1 Å². The van der Waals surface area contributed by atoms with E-state index in [1.54, 1.807) is 65.7 Å². The number of aromatic nitrogens is 1. The molecule has 0 radical (unpaired) electrons. The van der Waals surface area contributed by atoms with Crippen molar-refractivity contribution in [2.45, 2.75) is 24.5 Å². The summed E-state index contributed by atoms with van der Waals surface area (Å²) >= 11 is 2.81. The van der Waals surface area contributed by atoms with E-state index in [9.17, 15) is 14.0 Å². The molecule has 0 bridgehead atoms. The maximum atomic E-state index is 14.4. The fraction of sp³-hybridized carbons (Fsp3) is 0.162. The van der Waals surface area contributed by atoms with E-state index in [0.29, 0.717) is 37.7 Å². The van der Waals surface area contributed by atoms with E-state index < -0.39 is 12.0 Å². The van der Waals surface area contributed by atoms with Gasteiger partial charge in [0.1, 0.15) is 12.4 Å². The zero-order valence-electron chi connectivity index (χ0n) is 25.9. The molecule has 6 rings (SSSR count). The monoisotopic (exact) mass is 666 g/mol. The molecule has 1 aromatic heterocycles. The molecule has 0 saturated carbocycles. The van der Waals surface area contributed by atoms with Crippen molar-refractivity contribution in [1.29, 1.82) is 0 Å².